The molecule has 0 radical (unpaired) electrons. The molecule has 2 rings (SSSR count). The summed E-state index contributed by atoms with van der Waals surface area (Å²) >= 11 is 4.26. The quantitative estimate of drug-likeness (QED) is 0.903. The second-order valence-corrected chi connectivity index (χ2v) is 7.41. The first-order valence-corrected chi connectivity index (χ1v) is 7.50. The summed E-state index contributed by atoms with van der Waals surface area (Å²) in [6.45, 7) is 0. The SMILES string of the molecule is O=S(=O)(Nc1ncccc1O)c1ccc(Br)s1. The van der Waals surface area contributed by atoms with Gasteiger partial charge in [-0.2, -0.15) is 0 Å². The highest BCUT2D eigenvalue weighted by atomic mass is 79.9. The third-order valence-electron chi connectivity index (χ3n) is 1.83. The average Bonchev–Trinajstić information content (AvgIpc) is 2.69. The number of rotatable bonds is 3. The van der Waals surface area contributed by atoms with Gasteiger partial charge in [0.1, 0.15) is 4.21 Å². The van der Waals surface area contributed by atoms with E-state index < -0.39 is 10.0 Å². The molecular formula is C9H7BrN2O3S2. The van der Waals surface area contributed by atoms with Crippen LogP contribution in [0.4, 0.5) is 5.82 Å². The van der Waals surface area contributed by atoms with Gasteiger partial charge in [0.15, 0.2) is 11.6 Å². The minimum atomic E-state index is -3.70. The lowest BCUT2D eigenvalue weighted by atomic mass is 10.4. The maximum atomic E-state index is 11.9. The Morgan fingerprint density at radius 2 is 2.12 bits per heavy atom. The Bertz CT molecular complexity index is 639. The van der Waals surface area contributed by atoms with Gasteiger partial charge in [-0.15, -0.1) is 11.3 Å². The molecule has 0 aliphatic heterocycles. The number of anilines is 1. The van der Waals surface area contributed by atoms with Crippen molar-refractivity contribution >= 4 is 43.1 Å². The zero-order valence-corrected chi connectivity index (χ0v) is 11.5. The van der Waals surface area contributed by atoms with Gasteiger partial charge in [-0.25, -0.2) is 13.4 Å². The predicted octanol–water partition coefficient (Wildman–Crippen LogP) is 2.41. The van der Waals surface area contributed by atoms with E-state index in [1.165, 1.54) is 24.4 Å². The van der Waals surface area contributed by atoms with E-state index in [2.05, 4.69) is 25.6 Å². The van der Waals surface area contributed by atoms with Crippen molar-refractivity contribution in [1.82, 2.24) is 4.98 Å². The van der Waals surface area contributed by atoms with Crippen molar-refractivity contribution in [2.45, 2.75) is 4.21 Å². The number of sulfonamides is 1. The number of hydrogen-bond donors (Lipinski definition) is 2. The standard InChI is InChI=1S/C9H7BrN2O3S2/c10-7-3-4-8(16-7)17(14,15)12-9-6(13)2-1-5-11-9/h1-5,13H,(H,11,12). The van der Waals surface area contributed by atoms with Crippen molar-refractivity contribution in [3.8, 4) is 5.75 Å². The molecule has 0 aliphatic rings. The van der Waals surface area contributed by atoms with E-state index in [1.54, 1.807) is 6.07 Å². The maximum Gasteiger partial charge on any atom is 0.272 e. The molecule has 8 heteroatoms. The smallest absolute Gasteiger partial charge is 0.272 e. The van der Waals surface area contributed by atoms with E-state index >= 15 is 0 Å². The highest BCUT2D eigenvalue weighted by Crippen LogP contribution is 2.28. The molecule has 0 fully saturated rings. The summed E-state index contributed by atoms with van der Waals surface area (Å²) in [4.78, 5) is 3.75. The minimum absolute atomic E-state index is 0.0861. The molecule has 2 aromatic rings. The zero-order valence-electron chi connectivity index (χ0n) is 8.29. The summed E-state index contributed by atoms with van der Waals surface area (Å²) < 4.78 is 26.9. The van der Waals surface area contributed by atoms with Crippen molar-refractivity contribution in [3.05, 3.63) is 34.2 Å². The van der Waals surface area contributed by atoms with Gasteiger partial charge in [-0.1, -0.05) is 0 Å². The Kier molecular flexibility index (Phi) is 3.36. The van der Waals surface area contributed by atoms with Gasteiger partial charge in [0.25, 0.3) is 10.0 Å². The zero-order chi connectivity index (χ0) is 12.5. The number of pyridine rings is 1. The van der Waals surface area contributed by atoms with Gasteiger partial charge < -0.3 is 5.11 Å². The van der Waals surface area contributed by atoms with Crippen molar-refractivity contribution in [2.24, 2.45) is 0 Å². The van der Waals surface area contributed by atoms with Gasteiger partial charge in [-0.05, 0) is 40.2 Å². The first-order chi connectivity index (χ1) is 7.99. The molecule has 0 aromatic carbocycles. The lowest BCUT2D eigenvalue weighted by molar-refractivity contribution is 0.475. The predicted molar refractivity (Wildman–Crippen MR) is 68.7 cm³/mol. The van der Waals surface area contributed by atoms with Gasteiger partial charge in [0.2, 0.25) is 0 Å². The molecule has 2 heterocycles. The Morgan fingerprint density at radius 3 is 2.71 bits per heavy atom. The average molecular weight is 335 g/mol. The third-order valence-corrected chi connectivity index (χ3v) is 5.29. The molecule has 2 aromatic heterocycles. The Morgan fingerprint density at radius 1 is 1.35 bits per heavy atom. The fourth-order valence-electron chi connectivity index (χ4n) is 1.10. The molecule has 0 atom stereocenters. The van der Waals surface area contributed by atoms with Gasteiger partial charge in [0.05, 0.1) is 3.79 Å². The molecule has 2 N–H and O–H groups in total. The maximum absolute atomic E-state index is 11.9. The van der Waals surface area contributed by atoms with Crippen LogP contribution in [0, 0.1) is 0 Å². The number of halogens is 1. The molecule has 0 aliphatic carbocycles. The molecule has 0 unspecified atom stereocenters. The number of hydrogen-bond acceptors (Lipinski definition) is 5. The molecular weight excluding hydrogens is 328 g/mol. The van der Waals surface area contributed by atoms with E-state index in [1.807, 2.05) is 0 Å². The second kappa shape index (κ2) is 4.63. The monoisotopic (exact) mass is 334 g/mol. The molecule has 0 bridgehead atoms. The third kappa shape index (κ3) is 2.76. The number of aromatic nitrogens is 1. The van der Waals surface area contributed by atoms with Crippen molar-refractivity contribution in [3.63, 3.8) is 0 Å². The van der Waals surface area contributed by atoms with Crippen molar-refractivity contribution in [2.75, 3.05) is 4.72 Å². The van der Waals surface area contributed by atoms with E-state index in [4.69, 9.17) is 0 Å². The first kappa shape index (κ1) is 12.3. The molecule has 0 saturated heterocycles. The van der Waals surface area contributed by atoms with Crippen LogP contribution in [0.3, 0.4) is 0 Å². The second-order valence-electron chi connectivity index (χ2n) is 3.04. The lowest BCUT2D eigenvalue weighted by Gasteiger charge is -2.06. The van der Waals surface area contributed by atoms with E-state index in [0.717, 1.165) is 11.3 Å². The molecule has 17 heavy (non-hydrogen) atoms. The number of nitrogens with one attached hydrogen (secondary N) is 1. The summed E-state index contributed by atoms with van der Waals surface area (Å²) in [5.74, 6) is -0.302. The number of aromatic hydroxyl groups is 1. The molecule has 5 nitrogen and oxygen atoms in total. The van der Waals surface area contributed by atoms with Gasteiger partial charge in [0, 0.05) is 6.20 Å². The molecule has 0 amide bonds. The summed E-state index contributed by atoms with van der Waals surface area (Å²) in [6.07, 6.45) is 1.39. The lowest BCUT2D eigenvalue weighted by Crippen LogP contribution is -2.12. The number of nitrogens with zero attached hydrogens (tertiary/aromatic N) is 1. The van der Waals surface area contributed by atoms with Crippen LogP contribution in [0.15, 0.2) is 38.5 Å². The van der Waals surface area contributed by atoms with E-state index in [-0.39, 0.29) is 15.8 Å². The van der Waals surface area contributed by atoms with Crippen LogP contribution in [-0.4, -0.2) is 18.5 Å². The summed E-state index contributed by atoms with van der Waals surface area (Å²) in [5, 5.41) is 9.43. The van der Waals surface area contributed by atoms with Crippen LogP contribution in [-0.2, 0) is 10.0 Å². The highest BCUT2D eigenvalue weighted by molar-refractivity contribution is 9.11. The van der Waals surface area contributed by atoms with Crippen molar-refractivity contribution < 1.29 is 13.5 Å². The largest absolute Gasteiger partial charge is 0.504 e. The molecule has 0 spiro atoms. The van der Waals surface area contributed by atoms with Crippen LogP contribution >= 0.6 is 27.3 Å². The van der Waals surface area contributed by atoms with Crippen LogP contribution in [0.25, 0.3) is 0 Å². The topological polar surface area (TPSA) is 79.3 Å². The molecule has 0 saturated carbocycles. The van der Waals surface area contributed by atoms with E-state index in [9.17, 15) is 13.5 Å². The van der Waals surface area contributed by atoms with Crippen molar-refractivity contribution in [1.29, 1.82) is 0 Å². The normalized spacial score (nSPS) is 11.4. The Hall–Kier alpha value is -1.12. The van der Waals surface area contributed by atoms with Gasteiger partial charge in [-0.3, -0.25) is 4.72 Å². The summed E-state index contributed by atoms with van der Waals surface area (Å²) in [6, 6.07) is 5.97. The van der Waals surface area contributed by atoms with Crippen LogP contribution in [0.2, 0.25) is 0 Å². The van der Waals surface area contributed by atoms with Gasteiger partial charge >= 0.3 is 0 Å². The van der Waals surface area contributed by atoms with E-state index in [0.29, 0.717) is 3.79 Å². The van der Waals surface area contributed by atoms with Crippen LogP contribution in [0.5, 0.6) is 5.75 Å². The summed E-state index contributed by atoms with van der Waals surface area (Å²) in [5.41, 5.74) is 0. The van der Waals surface area contributed by atoms with Crippen LogP contribution in [0.1, 0.15) is 0 Å². The fraction of sp³-hybridized carbons (Fsp3) is 0. The summed E-state index contributed by atoms with van der Waals surface area (Å²) in [7, 11) is -3.70. The number of thiophene rings is 1. The highest BCUT2D eigenvalue weighted by Gasteiger charge is 2.18. The first-order valence-electron chi connectivity index (χ1n) is 4.41. The Labute approximate surface area is 110 Å². The van der Waals surface area contributed by atoms with Crippen LogP contribution < -0.4 is 4.72 Å². The fourth-order valence-corrected chi connectivity index (χ4v) is 4.13. The Balaban J connectivity index is 2.33. The molecule has 90 valence electrons. The minimum Gasteiger partial charge on any atom is -0.504 e.